The molecule has 0 aliphatic rings. The fourth-order valence-corrected chi connectivity index (χ4v) is 2.43. The SMILES string of the molecule is CCCC(C(=O)NCc1cccc(C(F)(F)F)c1)N(C=O)CCC. The van der Waals surface area contributed by atoms with Gasteiger partial charge in [0, 0.05) is 13.1 Å². The third kappa shape index (κ3) is 5.86. The van der Waals surface area contributed by atoms with Crippen LogP contribution in [-0.4, -0.2) is 29.8 Å². The zero-order valence-electron chi connectivity index (χ0n) is 13.9. The molecule has 1 atom stereocenters. The van der Waals surface area contributed by atoms with Gasteiger partial charge in [-0.15, -0.1) is 0 Å². The first-order valence-electron chi connectivity index (χ1n) is 7.98. The van der Waals surface area contributed by atoms with Gasteiger partial charge in [-0.05, 0) is 30.5 Å². The number of nitrogens with one attached hydrogen (secondary N) is 1. The van der Waals surface area contributed by atoms with Crippen LogP contribution in [0.2, 0.25) is 0 Å². The lowest BCUT2D eigenvalue weighted by atomic mass is 10.1. The highest BCUT2D eigenvalue weighted by Crippen LogP contribution is 2.29. The minimum absolute atomic E-state index is 0.0121. The van der Waals surface area contributed by atoms with Crippen LogP contribution in [0.4, 0.5) is 13.2 Å². The Labute approximate surface area is 140 Å². The molecule has 134 valence electrons. The van der Waals surface area contributed by atoms with Gasteiger partial charge in [0.15, 0.2) is 0 Å². The molecule has 0 saturated heterocycles. The zero-order valence-corrected chi connectivity index (χ0v) is 13.9. The van der Waals surface area contributed by atoms with E-state index in [2.05, 4.69) is 5.32 Å². The average Bonchev–Trinajstić information content (AvgIpc) is 2.55. The predicted molar refractivity (Wildman–Crippen MR) is 85.0 cm³/mol. The number of benzene rings is 1. The van der Waals surface area contributed by atoms with E-state index in [-0.39, 0.29) is 12.5 Å². The number of hydrogen-bond donors (Lipinski definition) is 1. The van der Waals surface area contributed by atoms with Crippen molar-refractivity contribution in [3.8, 4) is 0 Å². The Bertz CT molecular complexity index is 547. The molecule has 4 nitrogen and oxygen atoms in total. The number of hydrogen-bond acceptors (Lipinski definition) is 2. The summed E-state index contributed by atoms with van der Waals surface area (Å²) in [5.74, 6) is -0.352. The second-order valence-corrected chi connectivity index (χ2v) is 5.56. The lowest BCUT2D eigenvalue weighted by Crippen LogP contribution is -2.46. The van der Waals surface area contributed by atoms with Crippen molar-refractivity contribution in [2.45, 2.75) is 51.9 Å². The topological polar surface area (TPSA) is 49.4 Å². The van der Waals surface area contributed by atoms with Gasteiger partial charge < -0.3 is 10.2 Å². The molecule has 1 unspecified atom stereocenters. The maximum Gasteiger partial charge on any atom is 0.416 e. The Morgan fingerprint density at radius 3 is 2.54 bits per heavy atom. The average molecular weight is 344 g/mol. The number of amides is 2. The lowest BCUT2D eigenvalue weighted by molar-refractivity contribution is -0.137. The fraction of sp³-hybridized carbons (Fsp3) is 0.529. The van der Waals surface area contributed by atoms with Crippen molar-refractivity contribution in [1.82, 2.24) is 10.2 Å². The van der Waals surface area contributed by atoms with Crippen molar-refractivity contribution in [3.05, 3.63) is 35.4 Å². The smallest absolute Gasteiger partial charge is 0.350 e. The van der Waals surface area contributed by atoms with E-state index >= 15 is 0 Å². The van der Waals surface area contributed by atoms with E-state index in [1.165, 1.54) is 17.0 Å². The molecular weight excluding hydrogens is 321 g/mol. The van der Waals surface area contributed by atoms with Gasteiger partial charge in [-0.3, -0.25) is 9.59 Å². The van der Waals surface area contributed by atoms with Crippen molar-refractivity contribution in [1.29, 1.82) is 0 Å². The molecule has 1 N–H and O–H groups in total. The molecule has 1 aromatic rings. The summed E-state index contributed by atoms with van der Waals surface area (Å²) in [6, 6.07) is 4.23. The highest BCUT2D eigenvalue weighted by Gasteiger charge is 2.30. The van der Waals surface area contributed by atoms with E-state index in [9.17, 15) is 22.8 Å². The zero-order chi connectivity index (χ0) is 18.2. The molecule has 0 aliphatic heterocycles. The molecule has 1 rings (SSSR count). The first-order valence-corrected chi connectivity index (χ1v) is 7.98. The maximum absolute atomic E-state index is 12.7. The van der Waals surface area contributed by atoms with Crippen LogP contribution < -0.4 is 5.32 Å². The number of rotatable bonds is 9. The monoisotopic (exact) mass is 344 g/mol. The third-order valence-corrected chi connectivity index (χ3v) is 3.60. The quantitative estimate of drug-likeness (QED) is 0.699. The summed E-state index contributed by atoms with van der Waals surface area (Å²) in [6.45, 7) is 4.26. The van der Waals surface area contributed by atoms with Crippen molar-refractivity contribution in [3.63, 3.8) is 0 Å². The molecule has 0 saturated carbocycles. The number of carbonyl (C=O) groups is 2. The second-order valence-electron chi connectivity index (χ2n) is 5.56. The van der Waals surface area contributed by atoms with Crippen molar-refractivity contribution in [2.24, 2.45) is 0 Å². The van der Waals surface area contributed by atoms with Gasteiger partial charge in [0.2, 0.25) is 12.3 Å². The number of alkyl halides is 3. The number of nitrogens with zero attached hydrogens (tertiary/aromatic N) is 1. The van der Waals surface area contributed by atoms with Crippen molar-refractivity contribution in [2.75, 3.05) is 6.54 Å². The summed E-state index contributed by atoms with van der Waals surface area (Å²) in [5, 5.41) is 2.63. The fourth-order valence-electron chi connectivity index (χ4n) is 2.43. The Balaban J connectivity index is 2.76. The third-order valence-electron chi connectivity index (χ3n) is 3.60. The molecular formula is C17H23F3N2O2. The Kier molecular flexibility index (Phi) is 7.74. The Morgan fingerprint density at radius 1 is 1.29 bits per heavy atom. The molecule has 24 heavy (non-hydrogen) atoms. The Morgan fingerprint density at radius 2 is 2.00 bits per heavy atom. The van der Waals surface area contributed by atoms with Gasteiger partial charge in [0.25, 0.3) is 0 Å². The van der Waals surface area contributed by atoms with Gasteiger partial charge in [-0.25, -0.2) is 0 Å². The first kappa shape index (κ1) is 20.0. The summed E-state index contributed by atoms with van der Waals surface area (Å²) >= 11 is 0. The van der Waals surface area contributed by atoms with Crippen LogP contribution in [0.1, 0.15) is 44.2 Å². The van der Waals surface area contributed by atoms with Crippen LogP contribution in [0, 0.1) is 0 Å². The Hall–Kier alpha value is -2.05. The van der Waals surface area contributed by atoms with Gasteiger partial charge in [-0.1, -0.05) is 32.4 Å². The van der Waals surface area contributed by atoms with E-state index in [4.69, 9.17) is 0 Å². The van der Waals surface area contributed by atoms with E-state index in [1.807, 2.05) is 13.8 Å². The minimum Gasteiger partial charge on any atom is -0.350 e. The summed E-state index contributed by atoms with van der Waals surface area (Å²) in [4.78, 5) is 24.9. The maximum atomic E-state index is 12.7. The van der Waals surface area contributed by atoms with Crippen molar-refractivity contribution < 1.29 is 22.8 Å². The molecule has 0 aliphatic carbocycles. The van der Waals surface area contributed by atoms with Gasteiger partial charge in [0.05, 0.1) is 5.56 Å². The normalized spacial score (nSPS) is 12.5. The van der Waals surface area contributed by atoms with Crippen LogP contribution in [0.3, 0.4) is 0 Å². The summed E-state index contributed by atoms with van der Waals surface area (Å²) in [7, 11) is 0. The largest absolute Gasteiger partial charge is 0.416 e. The molecule has 2 amide bonds. The van der Waals surface area contributed by atoms with E-state index in [1.54, 1.807) is 0 Å². The van der Waals surface area contributed by atoms with Crippen LogP contribution in [0.5, 0.6) is 0 Å². The predicted octanol–water partition coefficient (Wildman–Crippen LogP) is 3.36. The van der Waals surface area contributed by atoms with Crippen LogP contribution >= 0.6 is 0 Å². The first-order chi connectivity index (χ1) is 11.3. The van der Waals surface area contributed by atoms with E-state index in [0.717, 1.165) is 25.0 Å². The van der Waals surface area contributed by atoms with Crippen LogP contribution in [0.25, 0.3) is 0 Å². The van der Waals surface area contributed by atoms with E-state index in [0.29, 0.717) is 24.9 Å². The molecule has 0 bridgehead atoms. The molecule has 0 heterocycles. The number of carbonyl (C=O) groups excluding carboxylic acids is 2. The molecule has 0 spiro atoms. The summed E-state index contributed by atoms with van der Waals surface area (Å²) in [5.41, 5.74) is -0.388. The standard InChI is InChI=1S/C17H23F3N2O2/c1-3-6-15(22(12-23)9-4-2)16(24)21-11-13-7-5-8-14(10-13)17(18,19)20/h5,7-8,10,12,15H,3-4,6,9,11H2,1-2H3,(H,21,24). The van der Waals surface area contributed by atoms with Crippen LogP contribution in [0.15, 0.2) is 24.3 Å². The molecule has 0 aromatic heterocycles. The second kappa shape index (κ2) is 9.30. The van der Waals surface area contributed by atoms with Gasteiger partial charge in [-0.2, -0.15) is 13.2 Å². The lowest BCUT2D eigenvalue weighted by Gasteiger charge is -2.27. The molecule has 0 fully saturated rings. The van der Waals surface area contributed by atoms with Crippen molar-refractivity contribution >= 4 is 12.3 Å². The minimum atomic E-state index is -4.42. The van der Waals surface area contributed by atoms with Gasteiger partial charge in [0.1, 0.15) is 6.04 Å². The summed E-state index contributed by atoms with van der Waals surface area (Å²) in [6.07, 6.45) is -1.82. The molecule has 1 aromatic carbocycles. The van der Waals surface area contributed by atoms with E-state index < -0.39 is 17.8 Å². The highest BCUT2D eigenvalue weighted by atomic mass is 19.4. The number of halogens is 3. The van der Waals surface area contributed by atoms with Crippen LogP contribution in [-0.2, 0) is 22.3 Å². The molecule has 7 heteroatoms. The van der Waals surface area contributed by atoms with Gasteiger partial charge >= 0.3 is 6.18 Å². The molecule has 0 radical (unpaired) electrons. The summed E-state index contributed by atoms with van der Waals surface area (Å²) < 4.78 is 38.1. The highest BCUT2D eigenvalue weighted by molar-refractivity contribution is 5.83.